The Morgan fingerprint density at radius 1 is 1.29 bits per heavy atom. The summed E-state index contributed by atoms with van der Waals surface area (Å²) in [5, 5.41) is 8.26. The van der Waals surface area contributed by atoms with E-state index >= 15 is 0 Å². The van der Waals surface area contributed by atoms with E-state index in [9.17, 15) is 0 Å². The van der Waals surface area contributed by atoms with Crippen molar-refractivity contribution in [2.45, 2.75) is 10.8 Å². The number of aromatic nitrogens is 2. The molecule has 4 nitrogen and oxygen atoms in total. The lowest BCUT2D eigenvalue weighted by atomic mass is 10.2. The first-order chi connectivity index (χ1) is 8.28. The minimum Gasteiger partial charge on any atom is -0.497 e. The molecule has 90 valence electrons. The summed E-state index contributed by atoms with van der Waals surface area (Å²) in [4.78, 5) is 0. The normalized spacial score (nSPS) is 10.4. The van der Waals surface area contributed by atoms with Gasteiger partial charge >= 0.3 is 0 Å². The van der Waals surface area contributed by atoms with Crippen LogP contribution in [-0.2, 0) is 6.42 Å². The first-order valence-corrected chi connectivity index (χ1v) is 6.93. The molecule has 0 fully saturated rings. The first-order valence-electron chi connectivity index (χ1n) is 5.12. The Balaban J connectivity index is 1.81. The molecule has 0 aliphatic carbocycles. The molecule has 2 aromatic rings. The Hall–Kier alpha value is -1.27. The van der Waals surface area contributed by atoms with Crippen molar-refractivity contribution >= 4 is 28.2 Å². The van der Waals surface area contributed by atoms with Crippen molar-refractivity contribution in [3.05, 3.63) is 29.8 Å². The lowest BCUT2D eigenvalue weighted by Crippen LogP contribution is -1.89. The molecule has 0 saturated carbocycles. The minimum atomic E-state index is 0.525. The van der Waals surface area contributed by atoms with E-state index in [-0.39, 0.29) is 0 Å². The van der Waals surface area contributed by atoms with Gasteiger partial charge in [0.1, 0.15) is 5.75 Å². The number of rotatable bonds is 5. The number of hydrogen-bond donors (Lipinski definition) is 1. The lowest BCUT2D eigenvalue weighted by Gasteiger charge is -2.02. The average molecular weight is 267 g/mol. The number of hydrogen-bond acceptors (Lipinski definition) is 6. The van der Waals surface area contributed by atoms with E-state index in [1.807, 2.05) is 12.1 Å². The molecule has 0 atom stereocenters. The van der Waals surface area contributed by atoms with Gasteiger partial charge in [0.05, 0.1) is 7.11 Å². The van der Waals surface area contributed by atoms with Crippen LogP contribution >= 0.6 is 23.1 Å². The fourth-order valence-electron chi connectivity index (χ4n) is 1.33. The van der Waals surface area contributed by atoms with Crippen LogP contribution in [0.15, 0.2) is 28.6 Å². The van der Waals surface area contributed by atoms with Gasteiger partial charge in [-0.3, -0.25) is 0 Å². The summed E-state index contributed by atoms with van der Waals surface area (Å²) < 4.78 is 6.04. The van der Waals surface area contributed by atoms with Crippen LogP contribution in [0.5, 0.6) is 5.75 Å². The van der Waals surface area contributed by atoms with Gasteiger partial charge in [-0.15, -0.1) is 10.2 Å². The third-order valence-corrected chi connectivity index (χ3v) is 4.08. The Kier molecular flexibility index (Phi) is 4.22. The summed E-state index contributed by atoms with van der Waals surface area (Å²) >= 11 is 3.11. The quantitative estimate of drug-likeness (QED) is 0.843. The molecule has 6 heteroatoms. The van der Waals surface area contributed by atoms with Crippen molar-refractivity contribution < 1.29 is 4.74 Å². The summed E-state index contributed by atoms with van der Waals surface area (Å²) in [5.74, 6) is 1.86. The van der Waals surface area contributed by atoms with E-state index in [1.54, 1.807) is 18.9 Å². The molecular weight excluding hydrogens is 254 g/mol. The number of anilines is 1. The van der Waals surface area contributed by atoms with Crippen LogP contribution in [0.3, 0.4) is 0 Å². The maximum atomic E-state index is 5.51. The second-order valence-corrected chi connectivity index (χ2v) is 5.70. The smallest absolute Gasteiger partial charge is 0.203 e. The summed E-state index contributed by atoms with van der Waals surface area (Å²) in [5.41, 5.74) is 6.80. The lowest BCUT2D eigenvalue weighted by molar-refractivity contribution is 0.414. The number of nitrogens with two attached hydrogens (primary N) is 1. The predicted molar refractivity (Wildman–Crippen MR) is 71.7 cm³/mol. The zero-order valence-electron chi connectivity index (χ0n) is 9.42. The maximum Gasteiger partial charge on any atom is 0.203 e. The molecule has 0 bridgehead atoms. The highest BCUT2D eigenvalue weighted by Crippen LogP contribution is 2.24. The van der Waals surface area contributed by atoms with Gasteiger partial charge in [0.25, 0.3) is 0 Å². The monoisotopic (exact) mass is 267 g/mol. The predicted octanol–water partition coefficient (Wildman–Crippen LogP) is 2.46. The SMILES string of the molecule is COc1ccc(CCSc2nnc(N)s2)cc1. The van der Waals surface area contributed by atoms with E-state index < -0.39 is 0 Å². The summed E-state index contributed by atoms with van der Waals surface area (Å²) in [7, 11) is 1.67. The van der Waals surface area contributed by atoms with Crippen LogP contribution in [0.1, 0.15) is 5.56 Å². The van der Waals surface area contributed by atoms with Gasteiger partial charge in [0, 0.05) is 5.75 Å². The van der Waals surface area contributed by atoms with Crippen molar-refractivity contribution in [3.8, 4) is 5.75 Å². The average Bonchev–Trinajstić information content (AvgIpc) is 2.76. The fourth-order valence-corrected chi connectivity index (χ4v) is 3.02. The van der Waals surface area contributed by atoms with Gasteiger partial charge in [0.15, 0.2) is 4.34 Å². The number of ether oxygens (including phenoxy) is 1. The Morgan fingerprint density at radius 3 is 2.65 bits per heavy atom. The zero-order chi connectivity index (χ0) is 12.1. The molecule has 0 amide bonds. The third-order valence-electron chi connectivity index (χ3n) is 2.20. The number of nitrogen functional groups attached to an aromatic ring is 1. The van der Waals surface area contributed by atoms with Gasteiger partial charge in [-0.05, 0) is 24.1 Å². The molecule has 1 aromatic carbocycles. The van der Waals surface area contributed by atoms with E-state index in [2.05, 4.69) is 22.3 Å². The Morgan fingerprint density at radius 2 is 2.06 bits per heavy atom. The van der Waals surface area contributed by atoms with Gasteiger partial charge < -0.3 is 10.5 Å². The molecule has 0 aliphatic heterocycles. The van der Waals surface area contributed by atoms with Crippen LogP contribution < -0.4 is 10.5 Å². The van der Waals surface area contributed by atoms with Crippen molar-refractivity contribution in [1.29, 1.82) is 0 Å². The van der Waals surface area contributed by atoms with Gasteiger partial charge in [-0.2, -0.15) is 0 Å². The minimum absolute atomic E-state index is 0.525. The number of thioether (sulfide) groups is 1. The summed E-state index contributed by atoms with van der Waals surface area (Å²) in [6.07, 6.45) is 0.994. The van der Waals surface area contributed by atoms with Gasteiger partial charge in [-0.1, -0.05) is 35.2 Å². The van der Waals surface area contributed by atoms with Crippen LogP contribution in [0.2, 0.25) is 0 Å². The van der Waals surface area contributed by atoms with E-state index in [1.165, 1.54) is 16.9 Å². The molecule has 0 aliphatic rings. The topological polar surface area (TPSA) is 61.0 Å². The molecule has 1 heterocycles. The van der Waals surface area contributed by atoms with Gasteiger partial charge in [-0.25, -0.2) is 0 Å². The fraction of sp³-hybridized carbons (Fsp3) is 0.273. The Labute approximate surface area is 108 Å². The second-order valence-electron chi connectivity index (χ2n) is 3.35. The number of nitrogens with zero attached hydrogens (tertiary/aromatic N) is 2. The number of methoxy groups -OCH3 is 1. The largest absolute Gasteiger partial charge is 0.497 e. The maximum absolute atomic E-state index is 5.51. The van der Waals surface area contributed by atoms with E-state index in [0.717, 1.165) is 22.3 Å². The first kappa shape index (κ1) is 12.2. The van der Waals surface area contributed by atoms with E-state index in [0.29, 0.717) is 5.13 Å². The van der Waals surface area contributed by atoms with Crippen molar-refractivity contribution in [3.63, 3.8) is 0 Å². The van der Waals surface area contributed by atoms with Crippen molar-refractivity contribution in [1.82, 2.24) is 10.2 Å². The molecule has 0 unspecified atom stereocenters. The van der Waals surface area contributed by atoms with Crippen LogP contribution in [0, 0.1) is 0 Å². The molecular formula is C11H13N3OS2. The molecule has 2 rings (SSSR count). The highest BCUT2D eigenvalue weighted by molar-refractivity contribution is 8.01. The van der Waals surface area contributed by atoms with Crippen LogP contribution in [0.25, 0.3) is 0 Å². The highest BCUT2D eigenvalue weighted by Gasteiger charge is 2.02. The third kappa shape index (κ3) is 3.61. The molecule has 1 aromatic heterocycles. The molecule has 0 saturated heterocycles. The molecule has 17 heavy (non-hydrogen) atoms. The molecule has 2 N–H and O–H groups in total. The second kappa shape index (κ2) is 5.88. The van der Waals surface area contributed by atoms with Gasteiger partial charge in [0.2, 0.25) is 5.13 Å². The molecule has 0 radical (unpaired) electrons. The van der Waals surface area contributed by atoms with Crippen LogP contribution in [-0.4, -0.2) is 23.1 Å². The Bertz CT molecular complexity index is 470. The number of benzene rings is 1. The highest BCUT2D eigenvalue weighted by atomic mass is 32.2. The van der Waals surface area contributed by atoms with Crippen molar-refractivity contribution in [2.75, 3.05) is 18.6 Å². The summed E-state index contributed by atoms with van der Waals surface area (Å²) in [6, 6.07) is 8.10. The zero-order valence-corrected chi connectivity index (χ0v) is 11.1. The summed E-state index contributed by atoms with van der Waals surface area (Å²) in [6.45, 7) is 0. The van der Waals surface area contributed by atoms with E-state index in [4.69, 9.17) is 10.5 Å². The van der Waals surface area contributed by atoms with Crippen LogP contribution in [0.4, 0.5) is 5.13 Å². The standard InChI is InChI=1S/C11H13N3OS2/c1-15-9-4-2-8(3-5-9)6-7-16-11-14-13-10(12)17-11/h2-5H,6-7H2,1H3,(H2,12,13). The number of aryl methyl sites for hydroxylation is 1. The molecule has 0 spiro atoms. The van der Waals surface area contributed by atoms with Crippen molar-refractivity contribution in [2.24, 2.45) is 0 Å².